The molecule has 3 N–H and O–H groups in total. The van der Waals surface area contributed by atoms with Gasteiger partial charge in [0.05, 0.1) is 0 Å². The van der Waals surface area contributed by atoms with Crippen molar-refractivity contribution >= 4 is 21.8 Å². The molecule has 1 aromatic carbocycles. The molecule has 0 aromatic heterocycles. The van der Waals surface area contributed by atoms with Gasteiger partial charge in [0.25, 0.3) is 0 Å². The SMILES string of the molecule is CCC(NC1CCCC1)(C(N)=O)c1ccc(Br)cc1. The number of nitrogens with one attached hydrogen (secondary N) is 1. The number of nitrogens with two attached hydrogens (primary N) is 1. The minimum atomic E-state index is -0.740. The minimum absolute atomic E-state index is 0.288. The van der Waals surface area contributed by atoms with Crippen molar-refractivity contribution in [1.29, 1.82) is 0 Å². The first-order valence-corrected chi connectivity index (χ1v) is 7.71. The van der Waals surface area contributed by atoms with Crippen molar-refractivity contribution in [2.45, 2.75) is 50.6 Å². The molecule has 0 saturated heterocycles. The number of carbonyl (C=O) groups excluding carboxylic acids is 1. The second-order valence-electron chi connectivity index (χ2n) is 5.26. The van der Waals surface area contributed by atoms with Crippen molar-refractivity contribution in [3.8, 4) is 0 Å². The van der Waals surface area contributed by atoms with Gasteiger partial charge in [-0.2, -0.15) is 0 Å². The number of halogens is 1. The molecule has 1 atom stereocenters. The summed E-state index contributed by atoms with van der Waals surface area (Å²) < 4.78 is 1.01. The van der Waals surface area contributed by atoms with E-state index >= 15 is 0 Å². The Labute approximate surface area is 123 Å². The number of hydrogen-bond acceptors (Lipinski definition) is 2. The van der Waals surface area contributed by atoms with Gasteiger partial charge >= 0.3 is 0 Å². The van der Waals surface area contributed by atoms with E-state index in [4.69, 9.17) is 5.73 Å². The van der Waals surface area contributed by atoms with Gasteiger partial charge in [-0.05, 0) is 37.0 Å². The molecule has 1 amide bonds. The first kappa shape index (κ1) is 14.5. The van der Waals surface area contributed by atoms with Gasteiger partial charge in [0, 0.05) is 10.5 Å². The molecule has 1 saturated carbocycles. The van der Waals surface area contributed by atoms with Crippen LogP contribution in [0.5, 0.6) is 0 Å². The molecule has 1 aliphatic carbocycles. The molecule has 4 heteroatoms. The molecule has 1 unspecified atom stereocenters. The molecular weight excluding hydrogens is 304 g/mol. The van der Waals surface area contributed by atoms with Crippen molar-refractivity contribution < 1.29 is 4.79 Å². The quantitative estimate of drug-likeness (QED) is 0.874. The molecule has 0 heterocycles. The number of carbonyl (C=O) groups is 1. The second kappa shape index (κ2) is 6.06. The lowest BCUT2D eigenvalue weighted by Gasteiger charge is -2.34. The van der Waals surface area contributed by atoms with Gasteiger partial charge in [-0.1, -0.05) is 47.8 Å². The van der Waals surface area contributed by atoms with E-state index in [-0.39, 0.29) is 5.91 Å². The lowest BCUT2D eigenvalue weighted by atomic mass is 9.85. The molecular formula is C15H21BrN2O. The maximum absolute atomic E-state index is 12.1. The third kappa shape index (κ3) is 3.00. The maximum atomic E-state index is 12.1. The average Bonchev–Trinajstić information content (AvgIpc) is 2.89. The van der Waals surface area contributed by atoms with Crippen LogP contribution in [0.1, 0.15) is 44.6 Å². The highest BCUT2D eigenvalue weighted by molar-refractivity contribution is 9.10. The fourth-order valence-electron chi connectivity index (χ4n) is 2.93. The molecule has 1 aromatic rings. The van der Waals surface area contributed by atoms with E-state index in [9.17, 15) is 4.79 Å². The van der Waals surface area contributed by atoms with Gasteiger partial charge in [0.15, 0.2) is 0 Å². The largest absolute Gasteiger partial charge is 0.368 e. The Morgan fingerprint density at radius 1 is 1.37 bits per heavy atom. The Hall–Kier alpha value is -0.870. The van der Waals surface area contributed by atoms with Gasteiger partial charge < -0.3 is 5.73 Å². The average molecular weight is 325 g/mol. The molecule has 0 aliphatic heterocycles. The summed E-state index contributed by atoms with van der Waals surface area (Å²) in [5.41, 5.74) is 5.93. The summed E-state index contributed by atoms with van der Waals surface area (Å²) in [6.45, 7) is 2.01. The van der Waals surface area contributed by atoms with Crippen LogP contribution in [-0.2, 0) is 10.3 Å². The summed E-state index contributed by atoms with van der Waals surface area (Å²) in [6, 6.07) is 8.26. The van der Waals surface area contributed by atoms with E-state index in [1.54, 1.807) is 0 Å². The van der Waals surface area contributed by atoms with Crippen molar-refractivity contribution in [3.63, 3.8) is 0 Å². The lowest BCUT2D eigenvalue weighted by molar-refractivity contribution is -0.125. The maximum Gasteiger partial charge on any atom is 0.242 e. The monoisotopic (exact) mass is 324 g/mol. The van der Waals surface area contributed by atoms with Crippen molar-refractivity contribution in [1.82, 2.24) is 5.32 Å². The smallest absolute Gasteiger partial charge is 0.242 e. The zero-order valence-corrected chi connectivity index (χ0v) is 12.9. The summed E-state index contributed by atoms with van der Waals surface area (Å²) in [5, 5.41) is 3.52. The third-order valence-electron chi connectivity index (χ3n) is 4.09. The van der Waals surface area contributed by atoms with Gasteiger partial charge in [-0.25, -0.2) is 0 Å². The zero-order chi connectivity index (χ0) is 13.9. The van der Waals surface area contributed by atoms with Gasteiger partial charge in [-0.15, -0.1) is 0 Å². The number of hydrogen-bond donors (Lipinski definition) is 2. The van der Waals surface area contributed by atoms with Crippen molar-refractivity contribution in [2.75, 3.05) is 0 Å². The fourth-order valence-corrected chi connectivity index (χ4v) is 3.19. The van der Waals surface area contributed by atoms with Gasteiger partial charge in [0.2, 0.25) is 5.91 Å². The van der Waals surface area contributed by atoms with E-state index in [0.717, 1.165) is 22.9 Å². The van der Waals surface area contributed by atoms with Gasteiger partial charge in [-0.3, -0.25) is 10.1 Å². The van der Waals surface area contributed by atoms with Crippen LogP contribution in [-0.4, -0.2) is 11.9 Å². The van der Waals surface area contributed by atoms with Crippen molar-refractivity contribution in [2.24, 2.45) is 5.73 Å². The number of rotatable bonds is 5. The van der Waals surface area contributed by atoms with E-state index in [0.29, 0.717) is 12.5 Å². The molecule has 1 fully saturated rings. The highest BCUT2D eigenvalue weighted by Crippen LogP contribution is 2.30. The number of benzene rings is 1. The molecule has 104 valence electrons. The minimum Gasteiger partial charge on any atom is -0.368 e. The van der Waals surface area contributed by atoms with Crippen LogP contribution in [0.3, 0.4) is 0 Å². The van der Waals surface area contributed by atoms with Crippen LogP contribution in [0.2, 0.25) is 0 Å². The van der Waals surface area contributed by atoms with Crippen LogP contribution < -0.4 is 11.1 Å². The van der Waals surface area contributed by atoms with Crippen LogP contribution in [0.15, 0.2) is 28.7 Å². The predicted octanol–water partition coefficient (Wildman–Crippen LogP) is 3.07. The van der Waals surface area contributed by atoms with Crippen molar-refractivity contribution in [3.05, 3.63) is 34.3 Å². The summed E-state index contributed by atoms with van der Waals surface area (Å²) in [4.78, 5) is 12.1. The van der Waals surface area contributed by atoms with Gasteiger partial charge in [0.1, 0.15) is 5.54 Å². The topological polar surface area (TPSA) is 55.1 Å². The van der Waals surface area contributed by atoms with Crippen LogP contribution in [0.25, 0.3) is 0 Å². The van der Waals surface area contributed by atoms with Crippen LogP contribution >= 0.6 is 15.9 Å². The fraction of sp³-hybridized carbons (Fsp3) is 0.533. The highest BCUT2D eigenvalue weighted by Gasteiger charge is 2.38. The first-order chi connectivity index (χ1) is 9.08. The molecule has 19 heavy (non-hydrogen) atoms. The normalized spacial score (nSPS) is 19.3. The van der Waals surface area contributed by atoms with E-state index < -0.39 is 5.54 Å². The molecule has 3 nitrogen and oxygen atoms in total. The Morgan fingerprint density at radius 3 is 2.42 bits per heavy atom. The predicted molar refractivity (Wildman–Crippen MR) is 80.7 cm³/mol. The van der Waals surface area contributed by atoms with Crippen LogP contribution in [0.4, 0.5) is 0 Å². The summed E-state index contributed by atoms with van der Waals surface area (Å²) in [6.07, 6.45) is 5.39. The Balaban J connectivity index is 2.32. The van der Waals surface area contributed by atoms with E-state index in [2.05, 4.69) is 21.2 Å². The molecule has 1 aliphatic rings. The lowest BCUT2D eigenvalue weighted by Crippen LogP contribution is -2.55. The summed E-state index contributed by atoms with van der Waals surface area (Å²) in [7, 11) is 0. The molecule has 2 rings (SSSR count). The Morgan fingerprint density at radius 2 is 1.95 bits per heavy atom. The Bertz CT molecular complexity index is 440. The Kier molecular flexibility index (Phi) is 4.63. The highest BCUT2D eigenvalue weighted by atomic mass is 79.9. The first-order valence-electron chi connectivity index (χ1n) is 6.92. The molecule has 0 radical (unpaired) electrons. The standard InChI is InChI=1S/C15H21BrN2O/c1-2-15(14(17)19,18-13-5-3-4-6-13)11-7-9-12(16)10-8-11/h7-10,13,18H,2-6H2,1H3,(H2,17,19). The summed E-state index contributed by atoms with van der Waals surface area (Å²) >= 11 is 3.42. The summed E-state index contributed by atoms with van der Waals surface area (Å²) in [5.74, 6) is -0.288. The van der Waals surface area contributed by atoms with E-state index in [1.165, 1.54) is 12.8 Å². The second-order valence-corrected chi connectivity index (χ2v) is 6.17. The number of primary amides is 1. The molecule has 0 spiro atoms. The molecule has 0 bridgehead atoms. The van der Waals surface area contributed by atoms with Crippen LogP contribution in [0, 0.1) is 0 Å². The number of amides is 1. The van der Waals surface area contributed by atoms with E-state index in [1.807, 2.05) is 31.2 Å². The third-order valence-corrected chi connectivity index (χ3v) is 4.62. The zero-order valence-electron chi connectivity index (χ0n) is 11.3.